The summed E-state index contributed by atoms with van der Waals surface area (Å²) in [7, 11) is 3.92. The number of thiazole rings is 1. The van der Waals surface area contributed by atoms with Crippen LogP contribution in [-0.4, -0.2) is 116 Å². The predicted octanol–water partition coefficient (Wildman–Crippen LogP) is 0.929. The second-order valence-electron chi connectivity index (χ2n) is 11.2. The summed E-state index contributed by atoms with van der Waals surface area (Å²) in [5.74, 6) is -1.06. The summed E-state index contributed by atoms with van der Waals surface area (Å²) in [6.45, 7) is 1.13. The molecule has 0 spiro atoms. The third kappa shape index (κ3) is 8.33. The summed E-state index contributed by atoms with van der Waals surface area (Å²) in [6, 6.07) is -0.801. The van der Waals surface area contributed by atoms with Gasteiger partial charge in [0, 0.05) is 23.4 Å². The number of nitrogens with one attached hydrogen (secondary N) is 1. The van der Waals surface area contributed by atoms with Gasteiger partial charge in [-0.25, -0.2) is 14.5 Å². The smallest absolute Gasteiger partial charge is 0.355 e. The molecule has 2 aromatic rings. The second kappa shape index (κ2) is 15.4. The van der Waals surface area contributed by atoms with Crippen LogP contribution in [-0.2, 0) is 41.6 Å². The number of carbonyl (C=O) groups is 4. The van der Waals surface area contributed by atoms with Gasteiger partial charge in [0.2, 0.25) is 11.1 Å². The van der Waals surface area contributed by atoms with Crippen molar-refractivity contribution in [3.05, 3.63) is 22.3 Å². The average Bonchev–Trinajstić information content (AvgIpc) is 3.67. The Morgan fingerprint density at radius 1 is 1.18 bits per heavy atom. The minimum Gasteiger partial charge on any atom is -0.462 e. The van der Waals surface area contributed by atoms with Crippen molar-refractivity contribution in [2.75, 3.05) is 51.1 Å². The topological polar surface area (TPSA) is 188 Å². The van der Waals surface area contributed by atoms with Gasteiger partial charge in [-0.15, -0.1) is 28.2 Å². The first-order valence-corrected chi connectivity index (χ1v) is 17.7. The van der Waals surface area contributed by atoms with Crippen LogP contribution in [0, 0.1) is 5.92 Å². The molecule has 18 heteroatoms. The Bertz CT molecular complexity index is 1420. The monoisotopic (exact) mass is 679 g/mol. The van der Waals surface area contributed by atoms with Gasteiger partial charge < -0.3 is 25.4 Å². The maximum atomic E-state index is 13.5. The Morgan fingerprint density at radius 2 is 1.96 bits per heavy atom. The summed E-state index contributed by atoms with van der Waals surface area (Å²) in [6.07, 6.45) is 4.77. The van der Waals surface area contributed by atoms with Gasteiger partial charge in [-0.2, -0.15) is 0 Å². The number of likely N-dealkylation sites (N-methyl/N-ethyl adjacent to an activating group) is 1. The molecule has 2 aliphatic heterocycles. The van der Waals surface area contributed by atoms with Gasteiger partial charge >= 0.3 is 11.9 Å². The molecule has 1 saturated carbocycles. The first kappa shape index (κ1) is 33.2. The number of ether oxygens (including phenoxy) is 2. The quantitative estimate of drug-likeness (QED) is 0.124. The van der Waals surface area contributed by atoms with Crippen molar-refractivity contribution < 1.29 is 28.7 Å². The lowest BCUT2D eigenvalue weighted by Crippen LogP contribution is -2.70. The Hall–Kier alpha value is -3.22. The molecular weight excluding hydrogens is 643 g/mol. The van der Waals surface area contributed by atoms with E-state index in [9.17, 15) is 19.2 Å². The highest BCUT2D eigenvalue weighted by Crippen LogP contribution is 2.42. The van der Waals surface area contributed by atoms with Gasteiger partial charge in [0.05, 0.1) is 24.6 Å². The molecule has 45 heavy (non-hydrogen) atoms. The largest absolute Gasteiger partial charge is 0.462 e. The van der Waals surface area contributed by atoms with E-state index in [4.69, 9.17) is 15.2 Å². The van der Waals surface area contributed by atoms with Crippen LogP contribution in [0.4, 0.5) is 5.13 Å². The maximum absolute atomic E-state index is 13.5. The van der Waals surface area contributed by atoms with Crippen LogP contribution in [0.1, 0.15) is 37.8 Å². The SMILES string of the molecule is CN(C)CCn1nnnc1SCC1=C(C(=O)OCCOC(=O)C2CCCCC2)N2C(=O)[C@@H](NC(=O)Cc3csc(N)n3)[C@@H]2SC1. The number of rotatable bonds is 14. The van der Waals surface area contributed by atoms with E-state index in [1.807, 2.05) is 19.0 Å². The zero-order valence-corrected chi connectivity index (χ0v) is 27.6. The van der Waals surface area contributed by atoms with Crippen molar-refractivity contribution >= 4 is 63.7 Å². The molecule has 1 aliphatic carbocycles. The van der Waals surface area contributed by atoms with Crippen LogP contribution in [0.2, 0.25) is 0 Å². The summed E-state index contributed by atoms with van der Waals surface area (Å²) in [4.78, 5) is 59.5. The van der Waals surface area contributed by atoms with Crippen LogP contribution in [0.3, 0.4) is 0 Å². The van der Waals surface area contributed by atoms with Gasteiger partial charge in [-0.05, 0) is 42.9 Å². The molecule has 2 atom stereocenters. The molecule has 2 amide bonds. The normalized spacial score (nSPS) is 20.2. The van der Waals surface area contributed by atoms with Gasteiger partial charge in [0.15, 0.2) is 5.13 Å². The predicted molar refractivity (Wildman–Crippen MR) is 168 cm³/mol. The van der Waals surface area contributed by atoms with Crippen molar-refractivity contribution in [2.24, 2.45) is 5.92 Å². The number of hydrogen-bond donors (Lipinski definition) is 2. The Balaban J connectivity index is 1.24. The van der Waals surface area contributed by atoms with Crippen molar-refractivity contribution in [3.8, 4) is 0 Å². The van der Waals surface area contributed by atoms with Crippen molar-refractivity contribution in [1.29, 1.82) is 0 Å². The molecule has 4 heterocycles. The number of anilines is 1. The fourth-order valence-electron chi connectivity index (χ4n) is 5.26. The number of amides is 2. The number of fused-ring (bicyclic) bond motifs is 1. The van der Waals surface area contributed by atoms with E-state index in [2.05, 4.69) is 25.8 Å². The third-order valence-electron chi connectivity index (χ3n) is 7.60. The minimum atomic E-state index is -0.801. The fourth-order valence-corrected chi connectivity index (χ4v) is 8.21. The number of aromatic nitrogens is 5. The number of carbonyl (C=O) groups excluding carboxylic acids is 4. The van der Waals surface area contributed by atoms with E-state index in [0.29, 0.717) is 39.6 Å². The number of hydrogen-bond acceptors (Lipinski definition) is 15. The molecule has 0 unspecified atom stereocenters. The molecule has 1 saturated heterocycles. The van der Waals surface area contributed by atoms with Crippen LogP contribution in [0.5, 0.6) is 0 Å². The molecule has 2 fully saturated rings. The number of esters is 2. The molecule has 5 rings (SSSR count). The number of nitrogens with two attached hydrogens (primary N) is 1. The Morgan fingerprint density at radius 3 is 2.69 bits per heavy atom. The zero-order chi connectivity index (χ0) is 31.9. The zero-order valence-electron chi connectivity index (χ0n) is 25.2. The van der Waals surface area contributed by atoms with E-state index >= 15 is 0 Å². The molecular formula is C27H37N9O6S3. The van der Waals surface area contributed by atoms with Gasteiger partial charge in [0.1, 0.15) is 30.3 Å². The molecule has 2 aromatic heterocycles. The number of nitrogens with zero attached hydrogens (tertiary/aromatic N) is 7. The molecule has 0 bridgehead atoms. The van der Waals surface area contributed by atoms with E-state index in [1.54, 1.807) is 10.1 Å². The average molecular weight is 680 g/mol. The molecule has 15 nitrogen and oxygen atoms in total. The van der Waals surface area contributed by atoms with Crippen molar-refractivity contribution in [1.82, 2.24) is 40.3 Å². The lowest BCUT2D eigenvalue weighted by molar-refractivity contribution is -0.157. The highest BCUT2D eigenvalue weighted by atomic mass is 32.2. The highest BCUT2D eigenvalue weighted by molar-refractivity contribution is 8.01. The number of nitrogen functional groups attached to an aromatic ring is 1. The van der Waals surface area contributed by atoms with E-state index in [-0.39, 0.29) is 43.1 Å². The number of thioether (sulfide) groups is 2. The van der Waals surface area contributed by atoms with E-state index in [1.165, 1.54) is 39.8 Å². The second-order valence-corrected chi connectivity index (χ2v) is 14.1. The van der Waals surface area contributed by atoms with Crippen LogP contribution in [0.15, 0.2) is 21.8 Å². The Labute approximate surface area is 273 Å². The molecule has 3 aliphatic rings. The molecule has 244 valence electrons. The summed E-state index contributed by atoms with van der Waals surface area (Å²) < 4.78 is 12.6. The molecule has 0 aromatic carbocycles. The third-order valence-corrected chi connectivity index (χ3v) is 10.7. The van der Waals surface area contributed by atoms with Gasteiger partial charge in [0.25, 0.3) is 5.91 Å². The van der Waals surface area contributed by atoms with Crippen LogP contribution in [0.25, 0.3) is 0 Å². The molecule has 0 radical (unpaired) electrons. The maximum Gasteiger partial charge on any atom is 0.355 e. The van der Waals surface area contributed by atoms with Gasteiger partial charge in [-0.3, -0.25) is 19.3 Å². The lowest BCUT2D eigenvalue weighted by Gasteiger charge is -2.49. The summed E-state index contributed by atoms with van der Waals surface area (Å²) in [5.41, 5.74) is 7.01. The number of tetrazole rings is 1. The molecule has 3 N–H and O–H groups in total. The Kier molecular flexibility index (Phi) is 11.3. The fraction of sp³-hybridized carbons (Fsp3) is 0.630. The van der Waals surface area contributed by atoms with E-state index in [0.717, 1.165) is 38.6 Å². The minimum absolute atomic E-state index is 0.0103. The lowest BCUT2D eigenvalue weighted by atomic mass is 9.89. The summed E-state index contributed by atoms with van der Waals surface area (Å²) >= 11 is 4.05. The van der Waals surface area contributed by atoms with Crippen LogP contribution >= 0.6 is 34.9 Å². The standard InChI is InChI=1S/C27H37N9O6S3/c1-34(2)8-9-35-27(31-32-33-35)45-14-17-13-43-23-20(30-19(37)12-18-15-44-26(28)29-18)22(38)36(23)21(17)25(40)42-11-10-41-24(39)16-6-4-3-5-7-16/h15-16,20,23H,3-14H2,1-2H3,(H2,28,29)(H,30,37)/t20-,23+/m1/s1. The van der Waals surface area contributed by atoms with Crippen LogP contribution < -0.4 is 11.1 Å². The van der Waals surface area contributed by atoms with Crippen molar-refractivity contribution in [3.63, 3.8) is 0 Å². The van der Waals surface area contributed by atoms with E-state index < -0.39 is 23.3 Å². The highest BCUT2D eigenvalue weighted by Gasteiger charge is 2.54. The van der Waals surface area contributed by atoms with Gasteiger partial charge in [-0.1, -0.05) is 31.0 Å². The summed E-state index contributed by atoms with van der Waals surface area (Å²) in [5, 5.41) is 16.9. The first-order valence-electron chi connectivity index (χ1n) is 14.7. The van der Waals surface area contributed by atoms with Crippen molar-refractivity contribution in [2.45, 2.75) is 61.6 Å². The first-order chi connectivity index (χ1) is 21.7. The number of β-lactam (4-membered cyclic amide) rings is 1.